The molecule has 0 N–H and O–H groups in total. The van der Waals surface area contributed by atoms with Gasteiger partial charge in [-0.1, -0.05) is 64.5 Å². The van der Waals surface area contributed by atoms with E-state index in [0.717, 1.165) is 5.56 Å². The van der Waals surface area contributed by atoms with Gasteiger partial charge in [0.2, 0.25) is 0 Å². The zero-order valence-electron chi connectivity index (χ0n) is 11.4. The monoisotopic (exact) mass is 406 g/mol. The molecule has 0 aliphatic carbocycles. The lowest BCUT2D eigenvalue weighted by molar-refractivity contribution is 0.619. The van der Waals surface area contributed by atoms with Gasteiger partial charge in [-0.2, -0.15) is 0 Å². The molecule has 0 radical (unpaired) electrons. The molecule has 106 valence electrons. The fourth-order valence-corrected chi connectivity index (χ4v) is 4.40. The second-order valence-corrected chi connectivity index (χ2v) is 6.73. The molecule has 0 fully saturated rings. The van der Waals surface area contributed by atoms with E-state index >= 15 is 0 Å². The van der Waals surface area contributed by atoms with Gasteiger partial charge in [0.1, 0.15) is 5.82 Å². The fraction of sp³-hybridized carbons (Fsp3) is 0.111. The van der Waals surface area contributed by atoms with Gasteiger partial charge in [-0.25, -0.2) is 4.39 Å². The van der Waals surface area contributed by atoms with E-state index in [9.17, 15) is 4.39 Å². The van der Waals surface area contributed by atoms with Crippen LogP contribution in [-0.4, -0.2) is 0 Å². The molecule has 0 amide bonds. The van der Waals surface area contributed by atoms with Crippen molar-refractivity contribution in [1.82, 2.24) is 0 Å². The fourth-order valence-electron chi connectivity index (χ4n) is 2.61. The Morgan fingerprint density at radius 2 is 1.71 bits per heavy atom. The van der Waals surface area contributed by atoms with Crippen molar-refractivity contribution in [2.45, 2.75) is 11.8 Å². The molecule has 1 unspecified atom stereocenters. The Morgan fingerprint density at radius 1 is 0.952 bits per heavy atom. The number of fused-ring (bicyclic) bond motifs is 1. The smallest absolute Gasteiger partial charge is 0.137 e. The third-order valence-corrected chi connectivity index (χ3v) is 5.48. The highest BCUT2D eigenvalue weighted by atomic mass is 79.9. The molecule has 0 heterocycles. The van der Waals surface area contributed by atoms with Crippen molar-refractivity contribution in [3.8, 4) is 0 Å². The molecule has 1 atom stereocenters. The summed E-state index contributed by atoms with van der Waals surface area (Å²) in [6.07, 6.45) is 0. The molecule has 0 bridgehead atoms. The van der Waals surface area contributed by atoms with E-state index in [1.165, 1.54) is 28.0 Å². The summed E-state index contributed by atoms with van der Waals surface area (Å²) in [5, 5.41) is 2.38. The second kappa shape index (κ2) is 5.90. The van der Waals surface area contributed by atoms with Crippen LogP contribution in [0.4, 0.5) is 4.39 Å². The van der Waals surface area contributed by atoms with Gasteiger partial charge in [-0.15, -0.1) is 0 Å². The molecule has 3 heteroatoms. The minimum absolute atomic E-state index is 0.0614. The van der Waals surface area contributed by atoms with Crippen LogP contribution < -0.4 is 0 Å². The normalized spacial score (nSPS) is 12.6. The van der Waals surface area contributed by atoms with Gasteiger partial charge in [0.05, 0.1) is 9.30 Å². The maximum atomic E-state index is 13.8. The molecule has 0 aromatic heterocycles. The molecule has 21 heavy (non-hydrogen) atoms. The largest absolute Gasteiger partial charge is 0.206 e. The molecular weight excluding hydrogens is 395 g/mol. The van der Waals surface area contributed by atoms with Crippen molar-refractivity contribution in [2.24, 2.45) is 0 Å². The second-order valence-electron chi connectivity index (χ2n) is 5.02. The maximum Gasteiger partial charge on any atom is 0.137 e. The predicted molar refractivity (Wildman–Crippen MR) is 93.6 cm³/mol. The van der Waals surface area contributed by atoms with Gasteiger partial charge in [-0.05, 0) is 56.4 Å². The molecule has 0 aliphatic heterocycles. The van der Waals surface area contributed by atoms with Crippen molar-refractivity contribution in [1.29, 1.82) is 0 Å². The molecule has 3 rings (SSSR count). The van der Waals surface area contributed by atoms with Crippen LogP contribution in [0.15, 0.2) is 59.1 Å². The molecule has 0 saturated carbocycles. The molecule has 0 aliphatic rings. The van der Waals surface area contributed by atoms with E-state index < -0.39 is 0 Å². The summed E-state index contributed by atoms with van der Waals surface area (Å²) in [7, 11) is 0. The van der Waals surface area contributed by atoms with Crippen LogP contribution >= 0.6 is 31.9 Å². The Labute approximate surface area is 140 Å². The SMILES string of the molecule is Cc1ccc2ccccc2c1C(Br)c1cccc(F)c1Br. The van der Waals surface area contributed by atoms with Gasteiger partial charge in [0.15, 0.2) is 0 Å². The Hall–Kier alpha value is -1.19. The number of alkyl halides is 1. The molecule has 0 nitrogen and oxygen atoms in total. The summed E-state index contributed by atoms with van der Waals surface area (Å²) in [5.74, 6) is -0.241. The molecule has 3 aromatic rings. The Bertz CT molecular complexity index is 811. The Kier molecular flexibility index (Phi) is 4.14. The summed E-state index contributed by atoms with van der Waals surface area (Å²) >= 11 is 7.12. The van der Waals surface area contributed by atoms with E-state index in [1.807, 2.05) is 18.2 Å². The first-order chi connectivity index (χ1) is 10.1. The first-order valence-corrected chi connectivity index (χ1v) is 8.36. The summed E-state index contributed by atoms with van der Waals surface area (Å²) < 4.78 is 14.3. The summed E-state index contributed by atoms with van der Waals surface area (Å²) in [4.78, 5) is -0.0614. The minimum Gasteiger partial charge on any atom is -0.206 e. The average molecular weight is 408 g/mol. The van der Waals surface area contributed by atoms with Crippen LogP contribution in [0.3, 0.4) is 0 Å². The van der Waals surface area contributed by atoms with Gasteiger partial charge >= 0.3 is 0 Å². The molecule has 0 spiro atoms. The van der Waals surface area contributed by atoms with Crippen molar-refractivity contribution in [3.05, 3.63) is 81.6 Å². The number of hydrogen-bond donors (Lipinski definition) is 0. The van der Waals surface area contributed by atoms with Crippen LogP contribution in [0.1, 0.15) is 21.5 Å². The van der Waals surface area contributed by atoms with Gasteiger partial charge in [-0.3, -0.25) is 0 Å². The topological polar surface area (TPSA) is 0 Å². The van der Waals surface area contributed by atoms with E-state index in [0.29, 0.717) is 4.47 Å². The molecule has 0 saturated heterocycles. The van der Waals surface area contributed by atoms with Gasteiger partial charge in [0, 0.05) is 0 Å². The van der Waals surface area contributed by atoms with Crippen LogP contribution in [0.25, 0.3) is 10.8 Å². The lowest BCUT2D eigenvalue weighted by Crippen LogP contribution is -1.99. The van der Waals surface area contributed by atoms with E-state index in [2.05, 4.69) is 63.0 Å². The third kappa shape index (κ3) is 2.65. The Balaban J connectivity index is 2.24. The Morgan fingerprint density at radius 3 is 2.52 bits per heavy atom. The number of rotatable bonds is 2. The van der Waals surface area contributed by atoms with E-state index in [-0.39, 0.29) is 10.6 Å². The summed E-state index contributed by atoms with van der Waals surface area (Å²) in [6, 6.07) is 17.6. The number of benzene rings is 3. The zero-order chi connectivity index (χ0) is 15.0. The maximum absolute atomic E-state index is 13.8. The first-order valence-electron chi connectivity index (χ1n) is 6.66. The minimum atomic E-state index is -0.241. The zero-order valence-corrected chi connectivity index (χ0v) is 14.6. The van der Waals surface area contributed by atoms with Crippen LogP contribution in [0.2, 0.25) is 0 Å². The highest BCUT2D eigenvalue weighted by molar-refractivity contribution is 9.11. The summed E-state index contributed by atoms with van der Waals surface area (Å²) in [6.45, 7) is 2.09. The third-order valence-electron chi connectivity index (χ3n) is 3.70. The average Bonchev–Trinajstić information content (AvgIpc) is 2.49. The number of halogens is 3. The van der Waals surface area contributed by atoms with E-state index in [1.54, 1.807) is 6.07 Å². The highest BCUT2D eigenvalue weighted by Crippen LogP contribution is 2.40. The van der Waals surface area contributed by atoms with Crippen LogP contribution in [0.5, 0.6) is 0 Å². The predicted octanol–water partition coefficient (Wildman–Crippen LogP) is 6.53. The first kappa shape index (κ1) is 14.7. The van der Waals surface area contributed by atoms with Crippen molar-refractivity contribution in [2.75, 3.05) is 0 Å². The van der Waals surface area contributed by atoms with E-state index in [4.69, 9.17) is 0 Å². The molecule has 3 aromatic carbocycles. The standard InChI is InChI=1S/C18H13Br2F/c1-11-9-10-12-5-2-3-6-13(12)16(11)18(20)14-7-4-8-15(21)17(14)19/h2-10,18H,1H3. The van der Waals surface area contributed by atoms with Crippen molar-refractivity contribution >= 4 is 42.6 Å². The number of hydrogen-bond acceptors (Lipinski definition) is 0. The van der Waals surface area contributed by atoms with Crippen LogP contribution in [0, 0.1) is 12.7 Å². The highest BCUT2D eigenvalue weighted by Gasteiger charge is 2.19. The summed E-state index contributed by atoms with van der Waals surface area (Å²) in [5.41, 5.74) is 3.26. The molecular formula is C18H13Br2F. The quantitative estimate of drug-likeness (QED) is 0.423. The van der Waals surface area contributed by atoms with Gasteiger partial charge in [0.25, 0.3) is 0 Å². The lowest BCUT2D eigenvalue weighted by atomic mass is 9.94. The van der Waals surface area contributed by atoms with Crippen molar-refractivity contribution < 1.29 is 4.39 Å². The lowest BCUT2D eigenvalue weighted by Gasteiger charge is -2.18. The van der Waals surface area contributed by atoms with Crippen LogP contribution in [-0.2, 0) is 0 Å². The van der Waals surface area contributed by atoms with Crippen molar-refractivity contribution in [3.63, 3.8) is 0 Å². The number of aryl methyl sites for hydroxylation is 1. The van der Waals surface area contributed by atoms with Gasteiger partial charge < -0.3 is 0 Å².